The predicted molar refractivity (Wildman–Crippen MR) is 87.7 cm³/mol. The zero-order valence-corrected chi connectivity index (χ0v) is 14.2. The van der Waals surface area contributed by atoms with Crippen molar-refractivity contribution in [3.8, 4) is 0 Å². The summed E-state index contributed by atoms with van der Waals surface area (Å²) in [6, 6.07) is 3.64. The topological polar surface area (TPSA) is 36.3 Å². The van der Waals surface area contributed by atoms with Gasteiger partial charge in [0.05, 0.1) is 5.69 Å². The molecule has 1 N–H and O–H groups in total. The van der Waals surface area contributed by atoms with Crippen molar-refractivity contribution >= 4 is 0 Å². The normalized spacial score (nSPS) is 24.1. The summed E-state index contributed by atoms with van der Waals surface area (Å²) in [4.78, 5) is 4.90. The summed E-state index contributed by atoms with van der Waals surface area (Å²) >= 11 is 0. The maximum Gasteiger partial charge on any atom is 0.0640 e. The monoisotopic (exact) mass is 293 g/mol. The molecule has 0 radical (unpaired) electrons. The van der Waals surface area contributed by atoms with Crippen LogP contribution in [0.1, 0.15) is 32.0 Å². The van der Waals surface area contributed by atoms with Crippen LogP contribution in [0.15, 0.2) is 12.3 Å². The van der Waals surface area contributed by atoms with Crippen LogP contribution in [0.25, 0.3) is 0 Å². The Morgan fingerprint density at radius 1 is 1.38 bits per heavy atom. The van der Waals surface area contributed by atoms with Gasteiger partial charge in [-0.1, -0.05) is 6.92 Å². The van der Waals surface area contributed by atoms with Gasteiger partial charge in [-0.3, -0.25) is 9.58 Å². The van der Waals surface area contributed by atoms with E-state index in [9.17, 15) is 0 Å². The van der Waals surface area contributed by atoms with Crippen LogP contribution in [-0.2, 0) is 6.42 Å². The molecule has 1 aromatic heterocycles. The van der Waals surface area contributed by atoms with Crippen LogP contribution in [0, 0.1) is 0 Å². The predicted octanol–water partition coefficient (Wildman–Crippen LogP) is 1.23. The molecule has 5 heteroatoms. The highest BCUT2D eigenvalue weighted by Gasteiger charge is 2.29. The minimum absolute atomic E-state index is 0.443. The number of rotatable bonds is 6. The van der Waals surface area contributed by atoms with E-state index in [1.807, 2.05) is 0 Å². The molecule has 0 bridgehead atoms. The third-order valence-corrected chi connectivity index (χ3v) is 4.87. The summed E-state index contributed by atoms with van der Waals surface area (Å²) in [5, 5.41) is 8.26. The summed E-state index contributed by atoms with van der Waals surface area (Å²) in [5.74, 6) is 0. The fourth-order valence-corrected chi connectivity index (χ4v) is 3.05. The van der Waals surface area contributed by atoms with Crippen molar-refractivity contribution in [3.63, 3.8) is 0 Å². The van der Waals surface area contributed by atoms with Crippen molar-refractivity contribution in [3.05, 3.63) is 18.0 Å². The van der Waals surface area contributed by atoms with E-state index in [0.717, 1.165) is 32.5 Å². The van der Waals surface area contributed by atoms with Crippen LogP contribution in [0.2, 0.25) is 0 Å². The van der Waals surface area contributed by atoms with Crippen LogP contribution < -0.4 is 5.32 Å². The van der Waals surface area contributed by atoms with Gasteiger partial charge < -0.3 is 10.2 Å². The second-order valence-corrected chi connectivity index (χ2v) is 6.45. The van der Waals surface area contributed by atoms with Crippen LogP contribution in [0.5, 0.6) is 0 Å². The largest absolute Gasteiger partial charge is 0.315 e. The van der Waals surface area contributed by atoms with Gasteiger partial charge in [-0.2, -0.15) is 5.10 Å². The molecule has 0 aromatic carbocycles. The molecule has 3 unspecified atom stereocenters. The molecule has 0 aliphatic carbocycles. The lowest BCUT2D eigenvalue weighted by Crippen LogP contribution is -2.58. The average Bonchev–Trinajstić information content (AvgIpc) is 2.95. The van der Waals surface area contributed by atoms with E-state index in [4.69, 9.17) is 5.10 Å². The number of piperazine rings is 1. The number of nitrogens with zero attached hydrogens (tertiary/aromatic N) is 4. The van der Waals surface area contributed by atoms with E-state index < -0.39 is 0 Å². The lowest BCUT2D eigenvalue weighted by Gasteiger charge is -2.41. The summed E-state index contributed by atoms with van der Waals surface area (Å²) in [6.07, 6.45) is 4.22. The third-order valence-electron chi connectivity index (χ3n) is 4.87. The Morgan fingerprint density at radius 3 is 2.81 bits per heavy atom. The van der Waals surface area contributed by atoms with Crippen LogP contribution in [0.3, 0.4) is 0 Å². The van der Waals surface area contributed by atoms with E-state index in [2.05, 4.69) is 67.1 Å². The Balaban J connectivity index is 2.02. The first-order valence-electron chi connectivity index (χ1n) is 8.15. The molecule has 120 valence electrons. The molecular weight excluding hydrogens is 262 g/mol. The van der Waals surface area contributed by atoms with Crippen LogP contribution in [-0.4, -0.2) is 72.4 Å². The molecule has 2 rings (SSSR count). The molecule has 1 aromatic rings. The third kappa shape index (κ3) is 4.05. The van der Waals surface area contributed by atoms with E-state index in [-0.39, 0.29) is 0 Å². The molecule has 21 heavy (non-hydrogen) atoms. The molecule has 5 nitrogen and oxygen atoms in total. The van der Waals surface area contributed by atoms with E-state index in [0.29, 0.717) is 18.1 Å². The standard InChI is InChI=1S/C16H31N5/c1-6-13(2)21-8-7-14(18-21)11-15(17-3)16-12-19(4)9-10-20(16)5/h7-8,13,15-17H,6,9-12H2,1-5H3. The van der Waals surface area contributed by atoms with Gasteiger partial charge in [0.25, 0.3) is 0 Å². The molecule has 0 saturated carbocycles. The highest BCUT2D eigenvalue weighted by atomic mass is 15.3. The van der Waals surface area contributed by atoms with Crippen molar-refractivity contribution in [2.75, 3.05) is 40.8 Å². The van der Waals surface area contributed by atoms with Gasteiger partial charge >= 0.3 is 0 Å². The molecule has 2 heterocycles. The first-order chi connectivity index (χ1) is 10.0. The van der Waals surface area contributed by atoms with Crippen molar-refractivity contribution in [1.29, 1.82) is 0 Å². The number of likely N-dealkylation sites (N-methyl/N-ethyl adjacent to an activating group) is 3. The summed E-state index contributed by atoms with van der Waals surface area (Å²) < 4.78 is 2.10. The van der Waals surface area contributed by atoms with Gasteiger partial charge in [-0.15, -0.1) is 0 Å². The molecule has 1 saturated heterocycles. The fourth-order valence-electron chi connectivity index (χ4n) is 3.05. The maximum atomic E-state index is 4.75. The number of hydrogen-bond acceptors (Lipinski definition) is 4. The van der Waals surface area contributed by atoms with Crippen molar-refractivity contribution in [2.45, 2.75) is 44.8 Å². The Kier molecular flexibility index (Phi) is 5.79. The van der Waals surface area contributed by atoms with E-state index in [1.165, 1.54) is 5.69 Å². The number of nitrogens with one attached hydrogen (secondary N) is 1. The van der Waals surface area contributed by atoms with Gasteiger partial charge in [0.1, 0.15) is 0 Å². The number of aromatic nitrogens is 2. The van der Waals surface area contributed by atoms with Gasteiger partial charge in [-0.05, 0) is 40.6 Å². The second kappa shape index (κ2) is 7.38. The zero-order valence-electron chi connectivity index (χ0n) is 14.2. The Morgan fingerprint density at radius 2 is 2.14 bits per heavy atom. The molecule has 3 atom stereocenters. The highest BCUT2D eigenvalue weighted by molar-refractivity contribution is 5.05. The fraction of sp³-hybridized carbons (Fsp3) is 0.812. The minimum atomic E-state index is 0.443. The Hall–Kier alpha value is -0.910. The van der Waals surface area contributed by atoms with Crippen LogP contribution >= 0.6 is 0 Å². The first-order valence-corrected chi connectivity index (χ1v) is 8.15. The van der Waals surface area contributed by atoms with E-state index in [1.54, 1.807) is 0 Å². The van der Waals surface area contributed by atoms with Crippen LogP contribution in [0.4, 0.5) is 0 Å². The van der Waals surface area contributed by atoms with E-state index >= 15 is 0 Å². The Bertz CT molecular complexity index is 430. The Labute approximate surface area is 129 Å². The quantitative estimate of drug-likeness (QED) is 0.856. The average molecular weight is 293 g/mol. The molecular formula is C16H31N5. The van der Waals surface area contributed by atoms with Crippen molar-refractivity contribution in [2.24, 2.45) is 0 Å². The molecule has 1 aliphatic heterocycles. The highest BCUT2D eigenvalue weighted by Crippen LogP contribution is 2.15. The summed E-state index contributed by atoms with van der Waals surface area (Å²) in [5.41, 5.74) is 1.19. The molecule has 1 fully saturated rings. The summed E-state index contributed by atoms with van der Waals surface area (Å²) in [7, 11) is 6.52. The zero-order chi connectivity index (χ0) is 15.4. The lowest BCUT2D eigenvalue weighted by atomic mass is 9.99. The minimum Gasteiger partial charge on any atom is -0.315 e. The summed E-state index contributed by atoms with van der Waals surface area (Å²) in [6.45, 7) is 7.84. The van der Waals surface area contributed by atoms with Crippen molar-refractivity contribution in [1.82, 2.24) is 24.9 Å². The SMILES string of the molecule is CCC(C)n1ccc(CC(NC)C2CN(C)CCN2C)n1. The van der Waals surface area contributed by atoms with Gasteiger partial charge in [-0.25, -0.2) is 0 Å². The van der Waals surface area contributed by atoms with Gasteiger partial charge in [0.2, 0.25) is 0 Å². The van der Waals surface area contributed by atoms with Gasteiger partial charge in [0.15, 0.2) is 0 Å². The maximum absolute atomic E-state index is 4.75. The van der Waals surface area contributed by atoms with Gasteiger partial charge in [0, 0.05) is 50.4 Å². The second-order valence-electron chi connectivity index (χ2n) is 6.45. The molecule has 0 spiro atoms. The smallest absolute Gasteiger partial charge is 0.0640 e. The molecule has 1 aliphatic rings. The lowest BCUT2D eigenvalue weighted by molar-refractivity contribution is 0.0894. The first kappa shape index (κ1) is 16.5. The van der Waals surface area contributed by atoms with Crippen molar-refractivity contribution < 1.29 is 0 Å². The molecule has 0 amide bonds. The number of hydrogen-bond donors (Lipinski definition) is 1.